The molecule has 4 rings (SSSR count). The third-order valence-electron chi connectivity index (χ3n) is 3.68. The van der Waals surface area contributed by atoms with Crippen molar-refractivity contribution in [3.05, 3.63) is 81.2 Å². The van der Waals surface area contributed by atoms with Gasteiger partial charge in [-0.1, -0.05) is 24.3 Å². The van der Waals surface area contributed by atoms with Crippen LogP contribution in [-0.2, 0) is 0 Å². The van der Waals surface area contributed by atoms with Gasteiger partial charge in [0.2, 0.25) is 5.43 Å². The van der Waals surface area contributed by atoms with Gasteiger partial charge in [-0.3, -0.25) is 18.9 Å². The van der Waals surface area contributed by atoms with Crippen LogP contribution in [0.5, 0.6) is 0 Å². The Kier molecular flexibility index (Phi) is 3.35. The van der Waals surface area contributed by atoms with Crippen LogP contribution in [0.1, 0.15) is 0 Å². The van der Waals surface area contributed by atoms with Crippen LogP contribution in [0.3, 0.4) is 0 Å². The van der Waals surface area contributed by atoms with Crippen molar-refractivity contribution in [2.75, 3.05) is 0 Å². The van der Waals surface area contributed by atoms with E-state index in [1.54, 1.807) is 22.2 Å². The maximum absolute atomic E-state index is 12.4. The van der Waals surface area contributed by atoms with Gasteiger partial charge in [-0.05, 0) is 18.2 Å². The molecule has 0 unspecified atom stereocenters. The molecule has 6 nitrogen and oxygen atoms in total. The minimum atomic E-state index is -0.432. The molecule has 0 aliphatic rings. The second-order valence-corrected chi connectivity index (χ2v) is 6.08. The summed E-state index contributed by atoms with van der Waals surface area (Å²) in [5.41, 5.74) is 1.42. The molecule has 2 heterocycles. The summed E-state index contributed by atoms with van der Waals surface area (Å²) in [4.78, 5) is 23.6. The lowest BCUT2D eigenvalue weighted by atomic mass is 10.2. The molecule has 0 N–H and O–H groups in total. The van der Waals surface area contributed by atoms with Crippen molar-refractivity contribution >= 4 is 39.6 Å². The molecule has 0 saturated heterocycles. The summed E-state index contributed by atoms with van der Waals surface area (Å²) in [6.45, 7) is 0. The SMILES string of the molecule is O=c1ccoc2c3ccccc3n(Sc3ccccc3[N+](=O)[O-])c12. The van der Waals surface area contributed by atoms with Crippen molar-refractivity contribution in [1.82, 2.24) is 3.97 Å². The number of rotatable bonds is 3. The minimum Gasteiger partial charge on any atom is -0.462 e. The fourth-order valence-electron chi connectivity index (χ4n) is 2.64. The van der Waals surface area contributed by atoms with Crippen LogP contribution in [0.4, 0.5) is 5.69 Å². The maximum atomic E-state index is 12.4. The van der Waals surface area contributed by atoms with Crippen LogP contribution in [0.2, 0.25) is 0 Å². The van der Waals surface area contributed by atoms with E-state index >= 15 is 0 Å². The second-order valence-electron chi connectivity index (χ2n) is 5.09. The third-order valence-corrected chi connectivity index (χ3v) is 4.78. The summed E-state index contributed by atoms with van der Waals surface area (Å²) in [6.07, 6.45) is 1.36. The molecular formula is C17H10N2O4S. The fourth-order valence-corrected chi connectivity index (χ4v) is 3.73. The Labute approximate surface area is 139 Å². The van der Waals surface area contributed by atoms with E-state index in [0.29, 0.717) is 16.0 Å². The third kappa shape index (κ3) is 2.17. The van der Waals surface area contributed by atoms with E-state index in [1.165, 1.54) is 18.4 Å². The molecular weight excluding hydrogens is 328 g/mol. The van der Waals surface area contributed by atoms with Gasteiger partial charge in [-0.15, -0.1) is 0 Å². The molecule has 2 aromatic carbocycles. The average Bonchev–Trinajstić information content (AvgIpc) is 2.91. The monoisotopic (exact) mass is 338 g/mol. The Balaban J connectivity index is 2.03. The normalized spacial score (nSPS) is 11.2. The van der Waals surface area contributed by atoms with Crippen molar-refractivity contribution in [2.45, 2.75) is 4.90 Å². The lowest BCUT2D eigenvalue weighted by Gasteiger charge is -2.06. The number of benzene rings is 2. The van der Waals surface area contributed by atoms with Crippen LogP contribution < -0.4 is 5.43 Å². The zero-order valence-corrected chi connectivity index (χ0v) is 13.0. The van der Waals surface area contributed by atoms with Crippen LogP contribution in [0.25, 0.3) is 22.0 Å². The van der Waals surface area contributed by atoms with Crippen LogP contribution in [0, 0.1) is 10.1 Å². The number of para-hydroxylation sites is 2. The molecule has 7 heteroatoms. The largest absolute Gasteiger partial charge is 0.462 e. The number of nitro benzene ring substituents is 1. The smallest absolute Gasteiger partial charge is 0.284 e. The lowest BCUT2D eigenvalue weighted by molar-refractivity contribution is -0.387. The van der Waals surface area contributed by atoms with E-state index in [2.05, 4.69) is 0 Å². The molecule has 0 fully saturated rings. The van der Waals surface area contributed by atoms with Crippen molar-refractivity contribution in [1.29, 1.82) is 0 Å². The van der Waals surface area contributed by atoms with Gasteiger partial charge in [-0.25, -0.2) is 0 Å². The maximum Gasteiger partial charge on any atom is 0.284 e. The highest BCUT2D eigenvalue weighted by Gasteiger charge is 2.19. The zero-order valence-electron chi connectivity index (χ0n) is 12.2. The molecule has 0 saturated carbocycles. The van der Waals surface area contributed by atoms with Crippen molar-refractivity contribution in [3.8, 4) is 0 Å². The van der Waals surface area contributed by atoms with Gasteiger partial charge in [0, 0.05) is 29.5 Å². The minimum absolute atomic E-state index is 0.00579. The first-order valence-electron chi connectivity index (χ1n) is 7.09. The van der Waals surface area contributed by atoms with Crippen molar-refractivity contribution < 1.29 is 9.34 Å². The highest BCUT2D eigenvalue weighted by atomic mass is 32.2. The van der Waals surface area contributed by atoms with Crippen LogP contribution >= 0.6 is 11.9 Å². The molecule has 0 atom stereocenters. The van der Waals surface area contributed by atoms with Crippen LogP contribution in [0.15, 0.2) is 75.0 Å². The Morgan fingerprint density at radius 3 is 2.62 bits per heavy atom. The number of hydrogen-bond acceptors (Lipinski definition) is 5. The van der Waals surface area contributed by atoms with E-state index in [9.17, 15) is 14.9 Å². The number of hydrogen-bond donors (Lipinski definition) is 0. The van der Waals surface area contributed by atoms with E-state index in [1.807, 2.05) is 24.3 Å². The fraction of sp³-hybridized carbons (Fsp3) is 0. The highest BCUT2D eigenvalue weighted by Crippen LogP contribution is 2.36. The Bertz CT molecular complexity index is 1150. The number of nitrogens with zero attached hydrogens (tertiary/aromatic N) is 2. The molecule has 4 aromatic rings. The van der Waals surface area contributed by atoms with Gasteiger partial charge in [0.1, 0.15) is 10.4 Å². The molecule has 0 aliphatic heterocycles. The first kappa shape index (κ1) is 14.5. The Morgan fingerprint density at radius 2 is 1.79 bits per heavy atom. The summed E-state index contributed by atoms with van der Waals surface area (Å²) in [5.74, 6) is 0. The van der Waals surface area contributed by atoms with E-state index < -0.39 is 4.92 Å². The lowest BCUT2D eigenvalue weighted by Crippen LogP contribution is -2.02. The summed E-state index contributed by atoms with van der Waals surface area (Å²) >= 11 is 1.14. The molecule has 0 bridgehead atoms. The van der Waals surface area contributed by atoms with Gasteiger partial charge >= 0.3 is 0 Å². The Hall–Kier alpha value is -3.06. The number of fused-ring (bicyclic) bond motifs is 3. The van der Waals surface area contributed by atoms with Gasteiger partial charge in [0.25, 0.3) is 5.69 Å². The van der Waals surface area contributed by atoms with Gasteiger partial charge < -0.3 is 4.42 Å². The predicted molar refractivity (Wildman–Crippen MR) is 92.3 cm³/mol. The molecule has 0 radical (unpaired) electrons. The van der Waals surface area contributed by atoms with Crippen molar-refractivity contribution in [2.24, 2.45) is 0 Å². The Morgan fingerprint density at radius 1 is 1.04 bits per heavy atom. The highest BCUT2D eigenvalue weighted by molar-refractivity contribution is 7.98. The molecule has 118 valence electrons. The first-order valence-corrected chi connectivity index (χ1v) is 7.87. The second kappa shape index (κ2) is 5.54. The van der Waals surface area contributed by atoms with Gasteiger partial charge in [0.15, 0.2) is 5.58 Å². The standard InChI is InChI=1S/C17H10N2O4S/c20-14-9-10-23-17-11-5-1-2-6-12(11)18(16(14)17)24-15-8-4-3-7-13(15)19(21)22/h1-10H. The molecule has 2 aromatic heterocycles. The topological polar surface area (TPSA) is 78.3 Å². The summed E-state index contributed by atoms with van der Waals surface area (Å²) in [6, 6.07) is 15.2. The van der Waals surface area contributed by atoms with Gasteiger partial charge in [-0.2, -0.15) is 0 Å². The number of aromatic nitrogens is 1. The summed E-state index contributed by atoms with van der Waals surface area (Å²) in [7, 11) is 0. The summed E-state index contributed by atoms with van der Waals surface area (Å²) in [5, 5.41) is 12.0. The predicted octanol–water partition coefficient (Wildman–Crippen LogP) is 4.21. The van der Waals surface area contributed by atoms with Crippen molar-refractivity contribution in [3.63, 3.8) is 0 Å². The first-order chi connectivity index (χ1) is 11.7. The average molecular weight is 338 g/mol. The van der Waals surface area contributed by atoms with E-state index in [-0.39, 0.29) is 11.1 Å². The zero-order chi connectivity index (χ0) is 16.7. The van der Waals surface area contributed by atoms with Crippen LogP contribution in [-0.4, -0.2) is 8.90 Å². The van der Waals surface area contributed by atoms with E-state index in [4.69, 9.17) is 4.42 Å². The summed E-state index contributed by atoms with van der Waals surface area (Å²) < 4.78 is 7.23. The molecule has 0 spiro atoms. The number of nitro groups is 1. The molecule has 0 aliphatic carbocycles. The van der Waals surface area contributed by atoms with E-state index in [0.717, 1.165) is 22.9 Å². The molecule has 0 amide bonds. The quantitative estimate of drug-likeness (QED) is 0.413. The van der Waals surface area contributed by atoms with Gasteiger partial charge in [0.05, 0.1) is 16.7 Å². The molecule has 24 heavy (non-hydrogen) atoms.